The van der Waals surface area contributed by atoms with Gasteiger partial charge in [-0.1, -0.05) is 6.07 Å². The van der Waals surface area contributed by atoms with E-state index in [9.17, 15) is 39.5 Å². The van der Waals surface area contributed by atoms with E-state index >= 15 is 0 Å². The van der Waals surface area contributed by atoms with Crippen LogP contribution < -0.4 is 0 Å². The summed E-state index contributed by atoms with van der Waals surface area (Å²) < 4.78 is 107. The zero-order valence-electron chi connectivity index (χ0n) is 15.3. The standard InChI is InChI=1S/2C6H3F3IN.C6H4F3N/c7-6(8,9)5-3-4(10)1-2-11-5;7-6(8,9)5-4(10)2-1-3-11-5;7-6(8,9)5-3-1-2-4-10-5/h2*1-3H;1-4H. The molecule has 0 saturated heterocycles. The SMILES string of the molecule is FC(F)(F)c1cc(I)ccn1.FC(F)(F)c1ccccn1.FC(F)(F)c1ncccc1I. The highest BCUT2D eigenvalue weighted by atomic mass is 127. The van der Waals surface area contributed by atoms with Crippen molar-refractivity contribution in [1.82, 2.24) is 15.0 Å². The molecule has 3 nitrogen and oxygen atoms in total. The van der Waals surface area contributed by atoms with E-state index in [1.165, 1.54) is 30.3 Å². The van der Waals surface area contributed by atoms with Gasteiger partial charge in [0, 0.05) is 25.7 Å². The first-order valence-electron chi connectivity index (χ1n) is 7.97. The zero-order valence-corrected chi connectivity index (χ0v) is 19.6. The zero-order chi connectivity index (χ0) is 24.6. The van der Waals surface area contributed by atoms with E-state index in [1.807, 2.05) is 0 Å². The maximum atomic E-state index is 12.0. The third-order valence-electron chi connectivity index (χ3n) is 2.99. The molecule has 3 aromatic rings. The van der Waals surface area contributed by atoms with Crippen LogP contribution in [0.15, 0.2) is 61.1 Å². The van der Waals surface area contributed by atoms with E-state index in [-0.39, 0.29) is 3.57 Å². The van der Waals surface area contributed by atoms with Crippen LogP contribution in [-0.4, -0.2) is 15.0 Å². The van der Waals surface area contributed by atoms with Crippen molar-refractivity contribution in [1.29, 1.82) is 0 Å². The van der Waals surface area contributed by atoms with Crippen molar-refractivity contribution in [3.63, 3.8) is 0 Å². The van der Waals surface area contributed by atoms with Crippen LogP contribution in [0.4, 0.5) is 39.5 Å². The Hall–Kier alpha value is -1.72. The molecule has 3 heterocycles. The molecule has 0 amide bonds. The number of nitrogens with zero attached hydrogens (tertiary/aromatic N) is 3. The molecule has 0 N–H and O–H groups in total. The lowest BCUT2D eigenvalue weighted by molar-refractivity contribution is -0.142. The third-order valence-corrected chi connectivity index (χ3v) is 4.54. The molecule has 0 unspecified atom stereocenters. The Morgan fingerprint density at radius 3 is 1.47 bits per heavy atom. The predicted octanol–water partition coefficient (Wildman–Crippen LogP) is 7.51. The van der Waals surface area contributed by atoms with Gasteiger partial charge >= 0.3 is 18.5 Å². The van der Waals surface area contributed by atoms with E-state index in [4.69, 9.17) is 0 Å². The second kappa shape index (κ2) is 11.9. The number of pyridine rings is 3. The van der Waals surface area contributed by atoms with Gasteiger partial charge in [0.25, 0.3) is 0 Å². The number of rotatable bonds is 0. The highest BCUT2D eigenvalue weighted by molar-refractivity contribution is 14.1. The molecular formula is C18H10F9I2N3. The van der Waals surface area contributed by atoms with Gasteiger partial charge in [0.15, 0.2) is 5.69 Å². The molecule has 0 radical (unpaired) electrons. The number of hydrogen-bond donors (Lipinski definition) is 0. The van der Waals surface area contributed by atoms with E-state index in [1.54, 1.807) is 45.2 Å². The normalized spacial score (nSPS) is 11.6. The molecule has 0 atom stereocenters. The van der Waals surface area contributed by atoms with E-state index in [0.29, 0.717) is 3.57 Å². The maximum absolute atomic E-state index is 12.0. The molecule has 0 saturated carbocycles. The van der Waals surface area contributed by atoms with Crippen LogP contribution >= 0.6 is 45.2 Å². The van der Waals surface area contributed by atoms with Crippen molar-refractivity contribution in [2.45, 2.75) is 18.5 Å². The van der Waals surface area contributed by atoms with Crippen molar-refractivity contribution in [2.24, 2.45) is 0 Å². The van der Waals surface area contributed by atoms with Gasteiger partial charge in [0.05, 0.1) is 0 Å². The molecule has 0 fully saturated rings. The molecule has 3 rings (SSSR count). The molecule has 174 valence electrons. The van der Waals surface area contributed by atoms with Crippen LogP contribution in [-0.2, 0) is 18.5 Å². The van der Waals surface area contributed by atoms with Gasteiger partial charge in [-0.3, -0.25) is 15.0 Å². The first kappa shape index (κ1) is 28.3. The molecular weight excluding hydrogens is 683 g/mol. The van der Waals surface area contributed by atoms with E-state index < -0.39 is 35.6 Å². The second-order valence-corrected chi connectivity index (χ2v) is 7.81. The van der Waals surface area contributed by atoms with Gasteiger partial charge in [0.2, 0.25) is 0 Å². The summed E-state index contributed by atoms with van der Waals surface area (Å²) in [5, 5.41) is 0. The minimum Gasteiger partial charge on any atom is -0.252 e. The minimum atomic E-state index is -4.34. The van der Waals surface area contributed by atoms with Crippen LogP contribution in [0.1, 0.15) is 17.1 Å². The second-order valence-electron chi connectivity index (χ2n) is 5.40. The molecule has 14 heteroatoms. The van der Waals surface area contributed by atoms with Crippen molar-refractivity contribution >= 4 is 45.2 Å². The lowest BCUT2D eigenvalue weighted by atomic mass is 10.3. The van der Waals surface area contributed by atoms with Gasteiger partial charge in [-0.2, -0.15) is 39.5 Å². The van der Waals surface area contributed by atoms with Crippen molar-refractivity contribution < 1.29 is 39.5 Å². The van der Waals surface area contributed by atoms with Gasteiger partial charge in [-0.25, -0.2) is 0 Å². The Balaban J connectivity index is 0.000000240. The van der Waals surface area contributed by atoms with Crippen molar-refractivity contribution in [3.05, 3.63) is 85.3 Å². The number of hydrogen-bond acceptors (Lipinski definition) is 3. The third kappa shape index (κ3) is 10.3. The fourth-order valence-corrected chi connectivity index (χ4v) is 2.79. The summed E-state index contributed by atoms with van der Waals surface area (Å²) in [6.07, 6.45) is -9.60. The smallest absolute Gasteiger partial charge is 0.252 e. The van der Waals surface area contributed by atoms with Gasteiger partial charge in [0.1, 0.15) is 11.4 Å². The van der Waals surface area contributed by atoms with Crippen LogP contribution in [0.25, 0.3) is 0 Å². The summed E-state index contributed by atoms with van der Waals surface area (Å²) in [5.74, 6) is 0. The molecule has 3 aromatic heterocycles. The van der Waals surface area contributed by atoms with E-state index in [2.05, 4.69) is 15.0 Å². The topological polar surface area (TPSA) is 38.7 Å². The monoisotopic (exact) mass is 693 g/mol. The summed E-state index contributed by atoms with van der Waals surface area (Å²) in [6, 6.07) is 9.02. The average Bonchev–Trinajstić information content (AvgIpc) is 2.68. The Morgan fingerprint density at radius 2 is 1.12 bits per heavy atom. The van der Waals surface area contributed by atoms with Gasteiger partial charge < -0.3 is 0 Å². The first-order valence-corrected chi connectivity index (χ1v) is 10.1. The highest BCUT2D eigenvalue weighted by Crippen LogP contribution is 2.30. The summed E-state index contributed by atoms with van der Waals surface area (Å²) in [4.78, 5) is 9.52. The van der Waals surface area contributed by atoms with E-state index in [0.717, 1.165) is 30.7 Å². The number of halogens is 11. The fraction of sp³-hybridized carbons (Fsp3) is 0.167. The molecule has 0 aliphatic heterocycles. The fourth-order valence-electron chi connectivity index (χ4n) is 1.68. The molecule has 0 aromatic carbocycles. The Kier molecular flexibility index (Phi) is 10.6. The molecule has 0 aliphatic rings. The quantitative estimate of drug-likeness (QED) is 0.181. The van der Waals surface area contributed by atoms with Crippen molar-refractivity contribution in [3.8, 4) is 0 Å². The highest BCUT2D eigenvalue weighted by Gasteiger charge is 2.34. The summed E-state index contributed by atoms with van der Waals surface area (Å²) in [6.45, 7) is 0. The largest absolute Gasteiger partial charge is 0.434 e. The lowest BCUT2D eigenvalue weighted by Gasteiger charge is -2.05. The van der Waals surface area contributed by atoms with Crippen molar-refractivity contribution in [2.75, 3.05) is 0 Å². The predicted molar refractivity (Wildman–Crippen MR) is 113 cm³/mol. The average molecular weight is 693 g/mol. The van der Waals surface area contributed by atoms with Crippen LogP contribution in [0.3, 0.4) is 0 Å². The summed E-state index contributed by atoms with van der Waals surface area (Å²) >= 11 is 3.41. The summed E-state index contributed by atoms with van der Waals surface area (Å²) in [5.41, 5.74) is -2.51. The lowest BCUT2D eigenvalue weighted by Crippen LogP contribution is -2.09. The number of alkyl halides is 9. The van der Waals surface area contributed by atoms with Gasteiger partial charge in [-0.15, -0.1) is 0 Å². The molecule has 32 heavy (non-hydrogen) atoms. The Morgan fingerprint density at radius 1 is 0.562 bits per heavy atom. The summed E-state index contributed by atoms with van der Waals surface area (Å²) in [7, 11) is 0. The minimum absolute atomic E-state index is 0.123. The molecule has 0 bridgehead atoms. The number of aromatic nitrogens is 3. The van der Waals surface area contributed by atoms with Crippen LogP contribution in [0.2, 0.25) is 0 Å². The Bertz CT molecular complexity index is 976. The van der Waals surface area contributed by atoms with Crippen LogP contribution in [0, 0.1) is 7.14 Å². The maximum Gasteiger partial charge on any atom is 0.434 e. The molecule has 0 aliphatic carbocycles. The first-order chi connectivity index (χ1) is 14.6. The van der Waals surface area contributed by atoms with Gasteiger partial charge in [-0.05, 0) is 81.6 Å². The Labute approximate surface area is 202 Å². The molecule has 0 spiro atoms. The van der Waals surface area contributed by atoms with Crippen LogP contribution in [0.5, 0.6) is 0 Å².